The summed E-state index contributed by atoms with van der Waals surface area (Å²) < 4.78 is 43.8. The molecule has 0 amide bonds. The van der Waals surface area contributed by atoms with Crippen LogP contribution in [-0.2, 0) is 4.79 Å². The van der Waals surface area contributed by atoms with Crippen molar-refractivity contribution in [1.29, 1.82) is 0 Å². The molecule has 1 aromatic carbocycles. The Morgan fingerprint density at radius 3 is 2.49 bits per heavy atom. The van der Waals surface area contributed by atoms with E-state index >= 15 is 0 Å². The molecule has 2 N–H and O–H groups in total. The first-order chi connectivity index (χ1) is 16.6. The molecule has 0 aliphatic heterocycles. The van der Waals surface area contributed by atoms with Crippen LogP contribution in [0.2, 0.25) is 0 Å². The van der Waals surface area contributed by atoms with Crippen molar-refractivity contribution < 1.29 is 32.5 Å². The summed E-state index contributed by atoms with van der Waals surface area (Å²) in [5.74, 6) is 0.461. The summed E-state index contributed by atoms with van der Waals surface area (Å²) >= 11 is 0. The molecule has 1 saturated carbocycles. The molecule has 0 atom stereocenters. The maximum absolute atomic E-state index is 10.6. The van der Waals surface area contributed by atoms with E-state index in [0.29, 0.717) is 5.65 Å². The molecule has 2 heterocycles. The Morgan fingerprint density at radius 2 is 1.86 bits per heavy atom. The number of aromatic nitrogens is 3. The first-order valence-electron chi connectivity index (χ1n) is 11.7. The molecule has 0 bridgehead atoms. The van der Waals surface area contributed by atoms with Gasteiger partial charge in [0.1, 0.15) is 17.3 Å². The first-order valence-corrected chi connectivity index (χ1v) is 11.7. The molecule has 35 heavy (non-hydrogen) atoms. The Bertz CT molecular complexity index is 1080. The number of fused-ring (bicyclic) bond motifs is 1. The van der Waals surface area contributed by atoms with Crippen LogP contribution in [0.4, 0.5) is 13.2 Å². The predicted octanol–water partition coefficient (Wildman–Crippen LogP) is 6.39. The summed E-state index contributed by atoms with van der Waals surface area (Å²) in [4.78, 5) is 21.2. The molecular weight excluding hydrogens is 463 g/mol. The number of carboxylic acid groups (broad SMARTS) is 1. The largest absolute Gasteiger partial charge is 0.493 e. The number of carboxylic acids is 1. The Hall–Kier alpha value is -3.30. The molecular formula is C25H30F3N3O4. The number of rotatable bonds is 7. The summed E-state index contributed by atoms with van der Waals surface area (Å²) in [6.07, 6.45) is 4.71. The SMILES string of the molecule is CC(C)Oc1cc(OCCC2CCCCC2)cc(-c2nc3ncccc3[nH]2)c1.O=C(O)C(F)(F)F. The number of alkyl halides is 3. The fourth-order valence-electron chi connectivity index (χ4n) is 3.93. The van der Waals surface area contributed by atoms with Gasteiger partial charge in [-0.3, -0.25) is 0 Å². The molecule has 0 saturated heterocycles. The normalized spacial score (nSPS) is 14.5. The summed E-state index contributed by atoms with van der Waals surface area (Å²) in [7, 11) is 0. The quantitative estimate of drug-likeness (QED) is 0.396. The number of aliphatic carboxylic acids is 1. The van der Waals surface area contributed by atoms with Gasteiger partial charge in [-0.25, -0.2) is 14.8 Å². The van der Waals surface area contributed by atoms with Gasteiger partial charge in [-0.05, 0) is 50.5 Å². The van der Waals surface area contributed by atoms with Crippen molar-refractivity contribution in [2.75, 3.05) is 6.61 Å². The highest BCUT2D eigenvalue weighted by Crippen LogP contribution is 2.31. The second-order valence-electron chi connectivity index (χ2n) is 8.76. The lowest BCUT2D eigenvalue weighted by Crippen LogP contribution is -2.21. The highest BCUT2D eigenvalue weighted by atomic mass is 19.4. The number of ether oxygens (including phenoxy) is 2. The molecule has 0 radical (unpaired) electrons. The lowest BCUT2D eigenvalue weighted by molar-refractivity contribution is -0.192. The first kappa shape index (κ1) is 26.3. The van der Waals surface area contributed by atoms with Crippen molar-refractivity contribution in [2.45, 2.75) is 64.7 Å². The molecule has 190 valence electrons. The number of nitrogens with zero attached hydrogens (tertiary/aromatic N) is 2. The number of benzene rings is 1. The zero-order chi connectivity index (χ0) is 25.4. The van der Waals surface area contributed by atoms with Crippen LogP contribution in [-0.4, -0.2) is 44.9 Å². The standard InChI is InChI=1S/C23H29N3O2.C2HF3O2/c1-16(2)28-20-14-18(22-25-21-9-6-11-24-23(21)26-22)13-19(15-20)27-12-10-17-7-4-3-5-8-17;3-2(4,5)1(6)7/h6,9,11,13-17H,3-5,7-8,10,12H2,1-2H3,(H,24,25,26);(H,6,7). The number of halogens is 3. The smallest absolute Gasteiger partial charge is 0.490 e. The predicted molar refractivity (Wildman–Crippen MR) is 125 cm³/mol. The number of hydrogen-bond acceptors (Lipinski definition) is 5. The zero-order valence-corrected chi connectivity index (χ0v) is 19.8. The Kier molecular flexibility index (Phi) is 8.95. The Labute approximate surface area is 201 Å². The second kappa shape index (κ2) is 11.9. The summed E-state index contributed by atoms with van der Waals surface area (Å²) in [6, 6.07) is 9.90. The molecule has 3 aromatic rings. The van der Waals surface area contributed by atoms with E-state index in [0.717, 1.165) is 47.3 Å². The molecule has 0 spiro atoms. The van der Waals surface area contributed by atoms with Crippen molar-refractivity contribution in [3.05, 3.63) is 36.5 Å². The number of nitrogens with one attached hydrogen (secondary N) is 1. The number of hydrogen-bond donors (Lipinski definition) is 2. The van der Waals surface area contributed by atoms with Gasteiger partial charge in [-0.15, -0.1) is 0 Å². The van der Waals surface area contributed by atoms with Gasteiger partial charge < -0.3 is 19.6 Å². The van der Waals surface area contributed by atoms with Crippen molar-refractivity contribution in [3.8, 4) is 22.9 Å². The number of carbonyl (C=O) groups is 1. The lowest BCUT2D eigenvalue weighted by atomic mass is 9.87. The third-order valence-corrected chi connectivity index (χ3v) is 5.54. The summed E-state index contributed by atoms with van der Waals surface area (Å²) in [5.41, 5.74) is 2.59. The van der Waals surface area contributed by atoms with E-state index < -0.39 is 12.1 Å². The minimum atomic E-state index is -5.08. The second-order valence-corrected chi connectivity index (χ2v) is 8.76. The van der Waals surface area contributed by atoms with Crippen molar-refractivity contribution in [1.82, 2.24) is 15.0 Å². The average molecular weight is 494 g/mol. The van der Waals surface area contributed by atoms with E-state index in [-0.39, 0.29) is 6.10 Å². The topological polar surface area (TPSA) is 97.3 Å². The van der Waals surface area contributed by atoms with Gasteiger partial charge in [0.15, 0.2) is 5.65 Å². The number of imidazole rings is 1. The molecule has 10 heteroatoms. The van der Waals surface area contributed by atoms with Crippen LogP contribution in [0.15, 0.2) is 36.5 Å². The van der Waals surface area contributed by atoms with E-state index in [1.54, 1.807) is 6.20 Å². The van der Waals surface area contributed by atoms with Gasteiger partial charge in [0.25, 0.3) is 0 Å². The van der Waals surface area contributed by atoms with Gasteiger partial charge in [-0.1, -0.05) is 32.1 Å². The molecule has 7 nitrogen and oxygen atoms in total. The third kappa shape index (κ3) is 8.15. The van der Waals surface area contributed by atoms with Crippen LogP contribution in [0.25, 0.3) is 22.6 Å². The van der Waals surface area contributed by atoms with Crippen molar-refractivity contribution >= 4 is 17.1 Å². The maximum atomic E-state index is 10.6. The molecule has 2 aromatic heterocycles. The molecule has 1 aliphatic rings. The van der Waals surface area contributed by atoms with Crippen molar-refractivity contribution in [2.24, 2.45) is 5.92 Å². The Balaban J connectivity index is 0.000000429. The van der Waals surface area contributed by atoms with E-state index in [1.165, 1.54) is 32.1 Å². The maximum Gasteiger partial charge on any atom is 0.490 e. The Morgan fingerprint density at radius 1 is 1.17 bits per heavy atom. The number of H-pyrrole nitrogens is 1. The highest BCUT2D eigenvalue weighted by molar-refractivity contribution is 5.76. The number of aromatic amines is 1. The van der Waals surface area contributed by atoms with Crippen LogP contribution >= 0.6 is 0 Å². The van der Waals surface area contributed by atoms with Crippen LogP contribution in [0.1, 0.15) is 52.4 Å². The van der Waals surface area contributed by atoms with E-state index in [4.69, 9.17) is 19.4 Å². The zero-order valence-electron chi connectivity index (χ0n) is 19.8. The fourth-order valence-corrected chi connectivity index (χ4v) is 3.93. The highest BCUT2D eigenvalue weighted by Gasteiger charge is 2.38. The van der Waals surface area contributed by atoms with Crippen LogP contribution < -0.4 is 9.47 Å². The summed E-state index contributed by atoms with van der Waals surface area (Å²) in [5, 5.41) is 7.12. The average Bonchev–Trinajstić information content (AvgIpc) is 3.23. The van der Waals surface area contributed by atoms with Crippen LogP contribution in [0.3, 0.4) is 0 Å². The fraction of sp³-hybridized carbons (Fsp3) is 0.480. The molecule has 1 fully saturated rings. The lowest BCUT2D eigenvalue weighted by Gasteiger charge is -2.21. The third-order valence-electron chi connectivity index (χ3n) is 5.54. The van der Waals surface area contributed by atoms with Gasteiger partial charge in [-0.2, -0.15) is 13.2 Å². The number of pyridine rings is 1. The molecule has 4 rings (SSSR count). The van der Waals surface area contributed by atoms with Gasteiger partial charge in [0, 0.05) is 17.8 Å². The van der Waals surface area contributed by atoms with Crippen LogP contribution in [0.5, 0.6) is 11.5 Å². The van der Waals surface area contributed by atoms with Gasteiger partial charge in [0.2, 0.25) is 0 Å². The van der Waals surface area contributed by atoms with Crippen molar-refractivity contribution in [3.63, 3.8) is 0 Å². The minimum absolute atomic E-state index is 0.0997. The van der Waals surface area contributed by atoms with Gasteiger partial charge in [0.05, 0.1) is 18.2 Å². The monoisotopic (exact) mass is 493 g/mol. The summed E-state index contributed by atoms with van der Waals surface area (Å²) in [6.45, 7) is 4.81. The molecule has 0 unspecified atom stereocenters. The minimum Gasteiger partial charge on any atom is -0.493 e. The van der Waals surface area contributed by atoms with Gasteiger partial charge >= 0.3 is 12.1 Å². The van der Waals surface area contributed by atoms with Crippen LogP contribution in [0, 0.1) is 5.92 Å². The van der Waals surface area contributed by atoms with E-state index in [2.05, 4.69) is 15.0 Å². The molecule has 1 aliphatic carbocycles. The van der Waals surface area contributed by atoms with E-state index in [1.807, 2.05) is 44.2 Å². The van der Waals surface area contributed by atoms with E-state index in [9.17, 15) is 13.2 Å².